The summed E-state index contributed by atoms with van der Waals surface area (Å²) >= 11 is 12.0. The van der Waals surface area contributed by atoms with E-state index >= 15 is 0 Å². The van der Waals surface area contributed by atoms with Gasteiger partial charge >= 0.3 is 0 Å². The second kappa shape index (κ2) is 6.79. The Hall–Kier alpha value is -0.770. The van der Waals surface area contributed by atoms with E-state index in [1.54, 1.807) is 18.2 Å². The summed E-state index contributed by atoms with van der Waals surface area (Å²) in [5.41, 5.74) is 0.523. The highest BCUT2D eigenvalue weighted by Crippen LogP contribution is 2.26. The molecule has 1 saturated carbocycles. The first-order valence-corrected chi connectivity index (χ1v) is 7.68. The van der Waals surface area contributed by atoms with Crippen molar-refractivity contribution in [2.75, 3.05) is 14.1 Å². The largest absolute Gasteiger partial charge is 0.339 e. The minimum atomic E-state index is -0.0282. The molecule has 0 aliphatic heterocycles. The van der Waals surface area contributed by atoms with E-state index < -0.39 is 0 Å². The summed E-state index contributed by atoms with van der Waals surface area (Å²) < 4.78 is 0. The minimum absolute atomic E-state index is 0.0282. The number of nitrogens with one attached hydrogen (secondary N) is 1. The Morgan fingerprint density at radius 3 is 2.45 bits per heavy atom. The van der Waals surface area contributed by atoms with Gasteiger partial charge in [0.2, 0.25) is 0 Å². The van der Waals surface area contributed by atoms with Crippen molar-refractivity contribution in [1.82, 2.24) is 10.2 Å². The third-order valence-corrected chi connectivity index (χ3v) is 4.68. The number of nitrogens with zero attached hydrogens (tertiary/aromatic N) is 1. The van der Waals surface area contributed by atoms with Crippen LogP contribution >= 0.6 is 23.2 Å². The maximum atomic E-state index is 12.5. The number of carbonyl (C=O) groups excluding carboxylic acids is 1. The minimum Gasteiger partial charge on any atom is -0.339 e. The molecule has 0 radical (unpaired) electrons. The summed E-state index contributed by atoms with van der Waals surface area (Å²) in [7, 11) is 3.85. The lowest BCUT2D eigenvalue weighted by atomic mass is 9.90. The number of hydrogen-bond donors (Lipinski definition) is 1. The number of benzene rings is 1. The third kappa shape index (κ3) is 3.46. The number of carbonyl (C=O) groups is 1. The van der Waals surface area contributed by atoms with Crippen LogP contribution in [0.3, 0.4) is 0 Å². The molecule has 0 bridgehead atoms. The predicted molar refractivity (Wildman–Crippen MR) is 83.7 cm³/mol. The van der Waals surface area contributed by atoms with E-state index in [0.717, 1.165) is 25.7 Å². The standard InChI is InChI=1S/C15H20Cl2N2O/c1-18-11-4-6-12(7-5-11)19(2)15(20)13-8-3-10(16)9-14(13)17/h3,8-9,11-12,18H,4-7H2,1-2H3. The molecule has 0 atom stereocenters. The SMILES string of the molecule is CNC1CCC(N(C)C(=O)c2ccc(Cl)cc2Cl)CC1. The van der Waals surface area contributed by atoms with Gasteiger partial charge in [-0.25, -0.2) is 0 Å². The van der Waals surface area contributed by atoms with Crippen LogP contribution in [-0.4, -0.2) is 37.0 Å². The normalized spacial score (nSPS) is 22.6. The van der Waals surface area contributed by atoms with E-state index in [1.165, 1.54) is 0 Å². The molecular formula is C15H20Cl2N2O. The van der Waals surface area contributed by atoms with Crippen molar-refractivity contribution >= 4 is 29.1 Å². The first-order chi connectivity index (χ1) is 9.52. The molecule has 0 spiro atoms. The second-order valence-corrected chi connectivity index (χ2v) is 6.18. The number of hydrogen-bond acceptors (Lipinski definition) is 2. The molecule has 110 valence electrons. The summed E-state index contributed by atoms with van der Waals surface area (Å²) in [5.74, 6) is -0.0282. The molecule has 0 aromatic heterocycles. The molecule has 1 fully saturated rings. The molecule has 0 unspecified atom stereocenters. The monoisotopic (exact) mass is 314 g/mol. The van der Waals surface area contributed by atoms with Crippen molar-refractivity contribution in [3.63, 3.8) is 0 Å². The Morgan fingerprint density at radius 2 is 1.90 bits per heavy atom. The summed E-state index contributed by atoms with van der Waals surface area (Å²) in [6.45, 7) is 0. The predicted octanol–water partition coefficient (Wildman–Crippen LogP) is 3.60. The van der Waals surface area contributed by atoms with E-state index in [9.17, 15) is 4.79 Å². The fourth-order valence-electron chi connectivity index (χ4n) is 2.77. The summed E-state index contributed by atoms with van der Waals surface area (Å²) in [4.78, 5) is 14.3. The van der Waals surface area contributed by atoms with Crippen LogP contribution in [-0.2, 0) is 0 Å². The van der Waals surface area contributed by atoms with Crippen molar-refractivity contribution in [1.29, 1.82) is 0 Å². The molecule has 1 aliphatic rings. The molecule has 3 nitrogen and oxygen atoms in total. The summed E-state index contributed by atoms with van der Waals surface area (Å²) in [5, 5.41) is 4.26. The van der Waals surface area contributed by atoms with Crippen LogP contribution in [0.4, 0.5) is 0 Å². The van der Waals surface area contributed by atoms with Crippen molar-refractivity contribution in [2.45, 2.75) is 37.8 Å². The Balaban J connectivity index is 2.05. The van der Waals surface area contributed by atoms with E-state index in [2.05, 4.69) is 5.32 Å². The van der Waals surface area contributed by atoms with E-state index in [4.69, 9.17) is 23.2 Å². The first-order valence-electron chi connectivity index (χ1n) is 6.92. The number of amides is 1. The molecule has 2 rings (SSSR count). The lowest BCUT2D eigenvalue weighted by molar-refractivity contribution is 0.0686. The fourth-order valence-corrected chi connectivity index (χ4v) is 3.26. The number of halogens is 2. The highest BCUT2D eigenvalue weighted by atomic mass is 35.5. The highest BCUT2D eigenvalue weighted by Gasteiger charge is 2.27. The molecule has 1 amide bonds. The quantitative estimate of drug-likeness (QED) is 0.924. The van der Waals surface area contributed by atoms with Gasteiger partial charge in [0.05, 0.1) is 10.6 Å². The van der Waals surface area contributed by atoms with Gasteiger partial charge in [0.15, 0.2) is 0 Å². The van der Waals surface area contributed by atoms with Crippen molar-refractivity contribution in [3.8, 4) is 0 Å². The zero-order chi connectivity index (χ0) is 14.7. The molecular weight excluding hydrogens is 295 g/mol. The van der Waals surface area contributed by atoms with Gasteiger partial charge in [0.1, 0.15) is 0 Å². The maximum Gasteiger partial charge on any atom is 0.255 e. The van der Waals surface area contributed by atoms with Crippen LogP contribution in [0.15, 0.2) is 18.2 Å². The molecule has 5 heteroatoms. The molecule has 1 aromatic rings. The summed E-state index contributed by atoms with van der Waals surface area (Å²) in [6, 6.07) is 5.88. The maximum absolute atomic E-state index is 12.5. The average molecular weight is 315 g/mol. The van der Waals surface area contributed by atoms with Crippen molar-refractivity contribution in [3.05, 3.63) is 33.8 Å². The molecule has 1 N–H and O–H groups in total. The molecule has 0 saturated heterocycles. The zero-order valence-corrected chi connectivity index (χ0v) is 13.3. The Bertz CT molecular complexity index is 485. The van der Waals surface area contributed by atoms with Crippen molar-refractivity contribution in [2.24, 2.45) is 0 Å². The van der Waals surface area contributed by atoms with Gasteiger partial charge in [-0.15, -0.1) is 0 Å². The topological polar surface area (TPSA) is 32.3 Å². The molecule has 0 heterocycles. The fraction of sp³-hybridized carbons (Fsp3) is 0.533. The van der Waals surface area contributed by atoms with Gasteiger partial charge in [-0.05, 0) is 50.9 Å². The van der Waals surface area contributed by atoms with Crippen molar-refractivity contribution < 1.29 is 4.79 Å². The first kappa shape index (κ1) is 15.6. The Morgan fingerprint density at radius 1 is 1.25 bits per heavy atom. The second-order valence-electron chi connectivity index (χ2n) is 5.33. The van der Waals surface area contributed by atoms with Crippen LogP contribution in [0, 0.1) is 0 Å². The van der Waals surface area contributed by atoms with E-state index in [0.29, 0.717) is 27.7 Å². The van der Waals surface area contributed by atoms with Crippen LogP contribution in [0.2, 0.25) is 10.0 Å². The Kier molecular flexibility index (Phi) is 5.30. The third-order valence-electron chi connectivity index (χ3n) is 4.13. The lowest BCUT2D eigenvalue weighted by Crippen LogP contribution is -2.42. The Labute approximate surface area is 130 Å². The van der Waals surface area contributed by atoms with E-state index in [-0.39, 0.29) is 5.91 Å². The zero-order valence-electron chi connectivity index (χ0n) is 11.8. The van der Waals surface area contributed by atoms with Gasteiger partial charge in [-0.3, -0.25) is 4.79 Å². The molecule has 1 aliphatic carbocycles. The van der Waals surface area contributed by atoms with Gasteiger partial charge in [0, 0.05) is 24.2 Å². The van der Waals surface area contributed by atoms with Gasteiger partial charge in [0.25, 0.3) is 5.91 Å². The van der Waals surface area contributed by atoms with Gasteiger partial charge < -0.3 is 10.2 Å². The lowest BCUT2D eigenvalue weighted by Gasteiger charge is -2.34. The summed E-state index contributed by atoms with van der Waals surface area (Å²) in [6.07, 6.45) is 4.26. The average Bonchev–Trinajstić information content (AvgIpc) is 2.46. The van der Waals surface area contributed by atoms with Crippen LogP contribution in [0.25, 0.3) is 0 Å². The molecule has 20 heavy (non-hydrogen) atoms. The molecule has 1 aromatic carbocycles. The smallest absolute Gasteiger partial charge is 0.255 e. The highest BCUT2D eigenvalue weighted by molar-refractivity contribution is 6.36. The number of rotatable bonds is 3. The van der Waals surface area contributed by atoms with E-state index in [1.807, 2.05) is 19.0 Å². The van der Waals surface area contributed by atoms with Gasteiger partial charge in [-0.1, -0.05) is 23.2 Å². The van der Waals surface area contributed by atoms with Crippen LogP contribution in [0.5, 0.6) is 0 Å². The van der Waals surface area contributed by atoms with Crippen LogP contribution < -0.4 is 5.32 Å². The van der Waals surface area contributed by atoms with Crippen LogP contribution in [0.1, 0.15) is 36.0 Å². The van der Waals surface area contributed by atoms with Gasteiger partial charge in [-0.2, -0.15) is 0 Å².